The van der Waals surface area contributed by atoms with Crippen molar-refractivity contribution in [2.75, 3.05) is 18.4 Å². The van der Waals surface area contributed by atoms with E-state index in [0.29, 0.717) is 41.8 Å². The van der Waals surface area contributed by atoms with E-state index in [2.05, 4.69) is 20.3 Å². The Labute approximate surface area is 143 Å². The molecule has 0 aliphatic heterocycles. The van der Waals surface area contributed by atoms with Gasteiger partial charge in [0, 0.05) is 11.6 Å². The van der Waals surface area contributed by atoms with Crippen molar-refractivity contribution in [1.29, 1.82) is 0 Å². The number of hydrogen-bond donors (Lipinski definition) is 3. The van der Waals surface area contributed by atoms with Crippen molar-refractivity contribution >= 4 is 28.7 Å². The first-order chi connectivity index (χ1) is 11.6. The van der Waals surface area contributed by atoms with Crippen LogP contribution in [-0.4, -0.2) is 32.6 Å². The predicted octanol–water partition coefficient (Wildman–Crippen LogP) is 1.89. The van der Waals surface area contributed by atoms with Gasteiger partial charge in [-0.25, -0.2) is 9.78 Å². The van der Waals surface area contributed by atoms with Crippen molar-refractivity contribution < 1.29 is 0 Å². The van der Waals surface area contributed by atoms with Crippen molar-refractivity contribution in [2.24, 2.45) is 5.73 Å². The normalized spacial score (nSPS) is 11.1. The van der Waals surface area contributed by atoms with Crippen LogP contribution in [-0.2, 0) is 6.54 Å². The molecule has 4 N–H and O–H groups in total. The van der Waals surface area contributed by atoms with Gasteiger partial charge in [0.05, 0.1) is 12.7 Å². The van der Waals surface area contributed by atoms with E-state index >= 15 is 0 Å². The van der Waals surface area contributed by atoms with Gasteiger partial charge in [-0.2, -0.15) is 4.98 Å². The maximum atomic E-state index is 12.3. The monoisotopic (exact) mass is 346 g/mol. The lowest BCUT2D eigenvalue weighted by Crippen LogP contribution is -2.18. The number of nitrogens with zero attached hydrogens (tertiary/aromatic N) is 3. The Bertz CT molecular complexity index is 917. The second-order valence-corrected chi connectivity index (χ2v) is 5.95. The summed E-state index contributed by atoms with van der Waals surface area (Å²) in [7, 11) is 0. The highest BCUT2D eigenvalue weighted by atomic mass is 35.5. The van der Waals surface area contributed by atoms with Gasteiger partial charge < -0.3 is 16.0 Å². The molecule has 0 spiro atoms. The van der Waals surface area contributed by atoms with Crippen molar-refractivity contribution in [3.05, 3.63) is 51.0 Å². The highest BCUT2D eigenvalue weighted by Crippen LogP contribution is 2.20. The third-order valence-electron chi connectivity index (χ3n) is 3.88. The fourth-order valence-electron chi connectivity index (χ4n) is 2.47. The van der Waals surface area contributed by atoms with Gasteiger partial charge >= 0.3 is 5.69 Å². The van der Waals surface area contributed by atoms with Gasteiger partial charge in [-0.1, -0.05) is 23.7 Å². The molecule has 8 heteroatoms. The van der Waals surface area contributed by atoms with Crippen LogP contribution in [0.2, 0.25) is 5.02 Å². The number of aromatic nitrogens is 4. The molecule has 2 heterocycles. The number of hydrogen-bond acceptors (Lipinski definition) is 5. The fraction of sp³-hybridized carbons (Fsp3) is 0.312. The van der Waals surface area contributed by atoms with Crippen molar-refractivity contribution in [1.82, 2.24) is 19.5 Å². The average Bonchev–Trinajstić information content (AvgIpc) is 2.87. The molecule has 0 saturated carbocycles. The standard InChI is InChI=1S/C16H19ClN6O/c1-10-11(4-2-5-12(10)17)9-23-14-13(21-16(23)24)8-20-15(22-14)19-7-3-6-18/h2,4-5,8H,3,6-7,9,18H2,1H3,(H,21,24)(H,19,20,22). The van der Waals surface area contributed by atoms with E-state index in [4.69, 9.17) is 17.3 Å². The quantitative estimate of drug-likeness (QED) is 0.591. The summed E-state index contributed by atoms with van der Waals surface area (Å²) in [6.07, 6.45) is 2.43. The largest absolute Gasteiger partial charge is 0.354 e. The minimum absolute atomic E-state index is 0.224. The SMILES string of the molecule is Cc1c(Cl)cccc1Cn1c(=O)[nH]c2cnc(NCCCN)nc21. The van der Waals surface area contributed by atoms with Crippen LogP contribution in [0.1, 0.15) is 17.5 Å². The Kier molecular flexibility index (Phi) is 4.82. The number of fused-ring (bicyclic) bond motifs is 1. The maximum Gasteiger partial charge on any atom is 0.328 e. The first-order valence-corrected chi connectivity index (χ1v) is 8.11. The third kappa shape index (κ3) is 3.27. The summed E-state index contributed by atoms with van der Waals surface area (Å²) < 4.78 is 1.59. The summed E-state index contributed by atoms with van der Waals surface area (Å²) >= 11 is 6.17. The van der Waals surface area contributed by atoms with Gasteiger partial charge in [0.15, 0.2) is 5.65 Å². The zero-order valence-corrected chi connectivity index (χ0v) is 14.1. The van der Waals surface area contributed by atoms with Crippen LogP contribution < -0.4 is 16.7 Å². The number of aromatic amines is 1. The Morgan fingerprint density at radius 1 is 1.42 bits per heavy atom. The molecule has 1 aromatic carbocycles. The molecule has 3 rings (SSSR count). The van der Waals surface area contributed by atoms with Crippen LogP contribution in [0, 0.1) is 6.92 Å². The van der Waals surface area contributed by atoms with Crippen LogP contribution in [0.25, 0.3) is 11.2 Å². The number of imidazole rings is 1. The minimum Gasteiger partial charge on any atom is -0.354 e. The topological polar surface area (TPSA) is 102 Å². The number of anilines is 1. The number of benzene rings is 1. The number of nitrogens with one attached hydrogen (secondary N) is 2. The molecule has 2 aromatic heterocycles. The van der Waals surface area contributed by atoms with Crippen LogP contribution in [0.15, 0.2) is 29.2 Å². The zero-order valence-electron chi connectivity index (χ0n) is 13.3. The molecule has 24 heavy (non-hydrogen) atoms. The molecule has 0 unspecified atom stereocenters. The number of H-pyrrole nitrogens is 1. The third-order valence-corrected chi connectivity index (χ3v) is 4.29. The second kappa shape index (κ2) is 7.02. The number of halogens is 1. The molecule has 0 saturated heterocycles. The maximum absolute atomic E-state index is 12.3. The average molecular weight is 347 g/mol. The molecule has 0 aliphatic rings. The molecule has 0 bridgehead atoms. The van der Waals surface area contributed by atoms with Gasteiger partial charge in [-0.15, -0.1) is 0 Å². The molecule has 126 valence electrons. The van der Waals surface area contributed by atoms with Crippen molar-refractivity contribution in [3.8, 4) is 0 Å². The van der Waals surface area contributed by atoms with Gasteiger partial charge in [0.2, 0.25) is 5.95 Å². The van der Waals surface area contributed by atoms with Crippen LogP contribution in [0.4, 0.5) is 5.95 Å². The van der Waals surface area contributed by atoms with E-state index in [-0.39, 0.29) is 5.69 Å². The summed E-state index contributed by atoms with van der Waals surface area (Å²) in [4.78, 5) is 23.7. The summed E-state index contributed by atoms with van der Waals surface area (Å²) in [5, 5.41) is 3.79. The number of nitrogens with two attached hydrogens (primary N) is 1. The molecule has 0 aliphatic carbocycles. The predicted molar refractivity (Wildman–Crippen MR) is 95.6 cm³/mol. The van der Waals surface area contributed by atoms with Crippen LogP contribution in [0.5, 0.6) is 0 Å². The van der Waals surface area contributed by atoms with Gasteiger partial charge in [-0.05, 0) is 37.1 Å². The smallest absolute Gasteiger partial charge is 0.328 e. The molecule has 0 fully saturated rings. The van der Waals surface area contributed by atoms with Gasteiger partial charge in [0.25, 0.3) is 0 Å². The molecule has 0 atom stereocenters. The molecule has 0 radical (unpaired) electrons. The Morgan fingerprint density at radius 2 is 2.25 bits per heavy atom. The first kappa shape index (κ1) is 16.5. The summed E-state index contributed by atoms with van der Waals surface area (Å²) in [6.45, 7) is 3.61. The van der Waals surface area contributed by atoms with Gasteiger partial charge in [0.1, 0.15) is 5.52 Å². The van der Waals surface area contributed by atoms with Crippen molar-refractivity contribution in [2.45, 2.75) is 19.9 Å². The first-order valence-electron chi connectivity index (χ1n) is 7.73. The summed E-state index contributed by atoms with van der Waals surface area (Å²) in [5.41, 5.74) is 8.35. The molecular formula is C16H19ClN6O. The van der Waals surface area contributed by atoms with E-state index in [9.17, 15) is 4.79 Å². The Balaban J connectivity index is 1.97. The fourth-order valence-corrected chi connectivity index (χ4v) is 2.67. The molecule has 0 amide bonds. The lowest BCUT2D eigenvalue weighted by Gasteiger charge is -2.09. The van der Waals surface area contributed by atoms with Gasteiger partial charge in [-0.3, -0.25) is 4.57 Å². The van der Waals surface area contributed by atoms with Crippen molar-refractivity contribution in [3.63, 3.8) is 0 Å². The molecule has 3 aromatic rings. The van der Waals surface area contributed by atoms with E-state index in [1.165, 1.54) is 0 Å². The zero-order chi connectivity index (χ0) is 17.1. The molecule has 7 nitrogen and oxygen atoms in total. The second-order valence-electron chi connectivity index (χ2n) is 5.54. The molecular weight excluding hydrogens is 328 g/mol. The van der Waals surface area contributed by atoms with E-state index < -0.39 is 0 Å². The Morgan fingerprint density at radius 3 is 3.04 bits per heavy atom. The lowest BCUT2D eigenvalue weighted by atomic mass is 10.1. The minimum atomic E-state index is -0.224. The number of rotatable bonds is 6. The van der Waals surface area contributed by atoms with Crippen LogP contribution in [0.3, 0.4) is 0 Å². The summed E-state index contributed by atoms with van der Waals surface area (Å²) in [5.74, 6) is 0.478. The van der Waals surface area contributed by atoms with Crippen LogP contribution >= 0.6 is 11.6 Å². The lowest BCUT2D eigenvalue weighted by molar-refractivity contribution is 0.772. The Hall–Kier alpha value is -2.38. The summed E-state index contributed by atoms with van der Waals surface area (Å²) in [6, 6.07) is 5.66. The van der Waals surface area contributed by atoms with E-state index in [1.807, 2.05) is 25.1 Å². The highest BCUT2D eigenvalue weighted by molar-refractivity contribution is 6.31. The van der Waals surface area contributed by atoms with E-state index in [0.717, 1.165) is 17.5 Å². The highest BCUT2D eigenvalue weighted by Gasteiger charge is 2.12. The van der Waals surface area contributed by atoms with E-state index in [1.54, 1.807) is 10.8 Å².